The van der Waals surface area contributed by atoms with Gasteiger partial charge >= 0.3 is 6.03 Å². The lowest BCUT2D eigenvalue weighted by molar-refractivity contribution is -0.133. The van der Waals surface area contributed by atoms with E-state index in [1.165, 1.54) is 21.9 Å². The van der Waals surface area contributed by atoms with Gasteiger partial charge in [-0.2, -0.15) is 0 Å². The molecule has 1 spiro atoms. The first-order valence-corrected chi connectivity index (χ1v) is 12.7. The maximum atomic E-state index is 14.2. The van der Waals surface area contributed by atoms with Crippen LogP contribution in [0, 0.1) is 5.82 Å². The summed E-state index contributed by atoms with van der Waals surface area (Å²) in [5.41, 5.74) is 0.423. The molecule has 3 amide bonds. The maximum Gasteiger partial charge on any atom is 0.332 e. The highest BCUT2D eigenvalue weighted by Gasteiger charge is 2.59. The first-order chi connectivity index (χ1) is 17.8. The number of amides is 3. The lowest BCUT2D eigenvalue weighted by atomic mass is 9.81. The topological polar surface area (TPSA) is 81.8 Å². The van der Waals surface area contributed by atoms with Crippen LogP contribution in [0.2, 0.25) is 0 Å². The summed E-state index contributed by atoms with van der Waals surface area (Å²) in [5.74, 6) is 0.631. The van der Waals surface area contributed by atoms with Gasteiger partial charge in [-0.25, -0.2) is 14.2 Å². The highest BCUT2D eigenvalue weighted by Crippen LogP contribution is 2.43. The predicted octanol–water partition coefficient (Wildman–Crippen LogP) is 4.73. The molecule has 0 bridgehead atoms. The summed E-state index contributed by atoms with van der Waals surface area (Å²) in [4.78, 5) is 39.8. The first kappa shape index (κ1) is 25.0. The average Bonchev–Trinajstić information content (AvgIpc) is 3.43. The number of hydrogen-bond donors (Lipinski definition) is 1. The number of rotatable bonds is 7. The van der Waals surface area contributed by atoms with Crippen LogP contribution in [0.5, 0.6) is 5.75 Å². The molecule has 9 heteroatoms. The molecule has 2 atom stereocenters. The number of urea groups is 1. The van der Waals surface area contributed by atoms with E-state index in [4.69, 9.17) is 4.74 Å². The largest absolute Gasteiger partial charge is 0.491 e. The van der Waals surface area contributed by atoms with Gasteiger partial charge < -0.3 is 9.72 Å². The summed E-state index contributed by atoms with van der Waals surface area (Å²) < 4.78 is 20.1. The summed E-state index contributed by atoms with van der Waals surface area (Å²) in [5, 5.41) is 0. The number of hydrogen-bond acceptors (Lipinski definition) is 5. The van der Waals surface area contributed by atoms with Gasteiger partial charge in [0.25, 0.3) is 5.91 Å². The molecule has 0 saturated carbocycles. The number of piperidine rings is 1. The number of halogens is 1. The molecule has 0 radical (unpaired) electrons. The maximum absolute atomic E-state index is 14.2. The predicted molar refractivity (Wildman–Crippen MR) is 137 cm³/mol. The van der Waals surface area contributed by atoms with E-state index in [0.29, 0.717) is 37.4 Å². The Hall–Kier alpha value is -3.72. The molecule has 2 saturated heterocycles. The fourth-order valence-corrected chi connectivity index (χ4v) is 5.51. The second kappa shape index (κ2) is 9.97. The summed E-state index contributed by atoms with van der Waals surface area (Å²) in [6.07, 6.45) is 4.21. The number of imide groups is 1. The van der Waals surface area contributed by atoms with E-state index < -0.39 is 17.4 Å². The van der Waals surface area contributed by atoms with Crippen LogP contribution in [0.4, 0.5) is 14.9 Å². The van der Waals surface area contributed by atoms with Gasteiger partial charge in [-0.05, 0) is 69.5 Å². The van der Waals surface area contributed by atoms with Crippen molar-refractivity contribution in [2.45, 2.75) is 64.4 Å². The summed E-state index contributed by atoms with van der Waals surface area (Å²) in [6, 6.07) is 13.5. The van der Waals surface area contributed by atoms with Crippen molar-refractivity contribution in [2.75, 3.05) is 11.4 Å². The smallest absolute Gasteiger partial charge is 0.332 e. The van der Waals surface area contributed by atoms with E-state index in [0.717, 1.165) is 11.3 Å². The van der Waals surface area contributed by atoms with Crippen molar-refractivity contribution in [1.82, 2.24) is 19.8 Å². The number of nitrogens with one attached hydrogen (secondary N) is 1. The number of nitrogens with zero attached hydrogens (tertiary/aromatic N) is 4. The van der Waals surface area contributed by atoms with Gasteiger partial charge in [0, 0.05) is 37.2 Å². The Morgan fingerprint density at radius 3 is 2.68 bits per heavy atom. The quantitative estimate of drug-likeness (QED) is 0.470. The first-order valence-electron chi connectivity index (χ1n) is 12.7. The van der Waals surface area contributed by atoms with Gasteiger partial charge in [0.05, 0.1) is 12.6 Å². The number of benzene rings is 2. The molecule has 5 rings (SSSR count). The van der Waals surface area contributed by atoms with Gasteiger partial charge in [0.2, 0.25) is 0 Å². The molecular weight excluding hydrogens is 473 g/mol. The lowest BCUT2D eigenvalue weighted by Gasteiger charge is -2.45. The zero-order chi connectivity index (χ0) is 26.2. The molecule has 2 aliphatic heterocycles. The lowest BCUT2D eigenvalue weighted by Crippen LogP contribution is -2.59. The standard InChI is InChI=1S/C28H32FN5O3/c1-19(2)37-24-9-4-6-21(14-24)17-32-13-10-28(16-20(32)3)26(35)33(18-25-30-11-12-31-25)27(36)34(28)23-8-5-7-22(29)15-23/h4-9,11-12,14-15,19-20H,10,13,16-18H2,1-3H3,(H,30,31)/t20-,28?/m0/s1. The van der Waals surface area contributed by atoms with Crippen LogP contribution in [0.25, 0.3) is 0 Å². The van der Waals surface area contributed by atoms with Gasteiger partial charge in [0.15, 0.2) is 0 Å². The SMILES string of the molecule is CC(C)Oc1cccc(CN2CCC3(C[C@@H]2C)C(=O)N(Cc2ncc[nH]2)C(=O)N3c2cccc(F)c2)c1. The monoisotopic (exact) mass is 505 g/mol. The summed E-state index contributed by atoms with van der Waals surface area (Å²) in [7, 11) is 0. The Morgan fingerprint density at radius 2 is 1.97 bits per heavy atom. The highest BCUT2D eigenvalue weighted by atomic mass is 19.1. The van der Waals surface area contributed by atoms with Crippen LogP contribution in [-0.4, -0.2) is 55.9 Å². The zero-order valence-electron chi connectivity index (χ0n) is 21.4. The Kier molecular flexibility index (Phi) is 6.72. The average molecular weight is 506 g/mol. The van der Waals surface area contributed by atoms with Gasteiger partial charge in [0.1, 0.15) is 22.9 Å². The second-order valence-corrected chi connectivity index (χ2v) is 10.1. The fraction of sp³-hybridized carbons (Fsp3) is 0.393. The van der Waals surface area contributed by atoms with E-state index in [1.807, 2.05) is 32.0 Å². The number of imidazole rings is 1. The minimum Gasteiger partial charge on any atom is -0.491 e. The highest BCUT2D eigenvalue weighted by molar-refractivity contribution is 6.16. The summed E-state index contributed by atoms with van der Waals surface area (Å²) in [6.45, 7) is 7.42. The van der Waals surface area contributed by atoms with Crippen LogP contribution >= 0.6 is 0 Å². The van der Waals surface area contributed by atoms with Crippen molar-refractivity contribution in [3.8, 4) is 5.75 Å². The molecule has 1 N–H and O–H groups in total. The molecule has 3 heterocycles. The third kappa shape index (κ3) is 4.83. The molecule has 2 aromatic carbocycles. The molecular formula is C28H32FN5O3. The van der Waals surface area contributed by atoms with Gasteiger partial charge in [-0.15, -0.1) is 0 Å². The Balaban J connectivity index is 1.42. The number of carbonyl (C=O) groups excluding carboxylic acids is 2. The molecule has 37 heavy (non-hydrogen) atoms. The van der Waals surface area contributed by atoms with E-state index in [2.05, 4.69) is 27.9 Å². The Labute approximate surface area is 216 Å². The molecule has 2 aliphatic rings. The van der Waals surface area contributed by atoms with Crippen molar-refractivity contribution >= 4 is 17.6 Å². The number of H-pyrrole nitrogens is 1. The molecule has 194 valence electrons. The van der Waals surface area contributed by atoms with Crippen LogP contribution in [0.3, 0.4) is 0 Å². The zero-order valence-corrected chi connectivity index (χ0v) is 21.4. The Morgan fingerprint density at radius 1 is 1.16 bits per heavy atom. The van der Waals surface area contributed by atoms with Crippen molar-refractivity contribution < 1.29 is 18.7 Å². The van der Waals surface area contributed by atoms with Crippen molar-refractivity contribution in [2.24, 2.45) is 0 Å². The van der Waals surface area contributed by atoms with E-state index in [1.54, 1.807) is 24.5 Å². The van der Waals surface area contributed by atoms with E-state index >= 15 is 0 Å². The molecule has 1 unspecified atom stereocenters. The van der Waals surface area contributed by atoms with Crippen LogP contribution in [-0.2, 0) is 17.9 Å². The van der Waals surface area contributed by atoms with Crippen LogP contribution in [0.15, 0.2) is 60.9 Å². The molecule has 2 fully saturated rings. The fourth-order valence-electron chi connectivity index (χ4n) is 5.51. The number of aromatic amines is 1. The van der Waals surface area contributed by atoms with E-state index in [9.17, 15) is 14.0 Å². The number of ether oxygens (including phenoxy) is 1. The van der Waals surface area contributed by atoms with Crippen molar-refractivity contribution in [1.29, 1.82) is 0 Å². The number of anilines is 1. The molecule has 0 aliphatic carbocycles. The number of carbonyl (C=O) groups is 2. The van der Waals surface area contributed by atoms with Crippen LogP contribution in [0.1, 0.15) is 45.0 Å². The Bertz CT molecular complexity index is 1280. The molecule has 8 nitrogen and oxygen atoms in total. The van der Waals surface area contributed by atoms with Crippen molar-refractivity contribution in [3.05, 3.63) is 78.1 Å². The minimum absolute atomic E-state index is 0.000190. The van der Waals surface area contributed by atoms with Crippen LogP contribution < -0.4 is 9.64 Å². The second-order valence-electron chi connectivity index (χ2n) is 10.1. The van der Waals surface area contributed by atoms with E-state index in [-0.39, 0.29) is 24.6 Å². The third-order valence-electron chi connectivity index (χ3n) is 7.15. The van der Waals surface area contributed by atoms with Gasteiger partial charge in [-0.1, -0.05) is 18.2 Å². The van der Waals surface area contributed by atoms with Crippen molar-refractivity contribution in [3.63, 3.8) is 0 Å². The molecule has 1 aromatic heterocycles. The third-order valence-corrected chi connectivity index (χ3v) is 7.15. The normalized spacial score (nSPS) is 22.5. The molecule has 3 aromatic rings. The number of aromatic nitrogens is 2. The number of likely N-dealkylation sites (tertiary alicyclic amines) is 1. The minimum atomic E-state index is -1.09. The van der Waals surface area contributed by atoms with Gasteiger partial charge in [-0.3, -0.25) is 19.5 Å². The summed E-state index contributed by atoms with van der Waals surface area (Å²) >= 11 is 0.